The summed E-state index contributed by atoms with van der Waals surface area (Å²) in [5.41, 5.74) is -0.290. The van der Waals surface area contributed by atoms with E-state index in [9.17, 15) is 4.79 Å². The van der Waals surface area contributed by atoms with Gasteiger partial charge in [-0.1, -0.05) is 13.3 Å². The van der Waals surface area contributed by atoms with Crippen LogP contribution in [0.4, 0.5) is 0 Å². The molecular weight excluding hydrogens is 318 g/mol. The van der Waals surface area contributed by atoms with E-state index in [1.54, 1.807) is 11.3 Å². The molecular formula is C20H33NO2S. The minimum Gasteiger partial charge on any atom is -0.425 e. The largest absolute Gasteiger partial charge is 0.425 e. The number of ether oxygens (including phenoxy) is 1. The van der Waals surface area contributed by atoms with Crippen molar-refractivity contribution in [2.75, 3.05) is 6.54 Å². The molecule has 0 bridgehead atoms. The lowest BCUT2D eigenvalue weighted by atomic mass is 9.74. The molecule has 0 N–H and O–H groups in total. The highest BCUT2D eigenvalue weighted by atomic mass is 32.1. The molecule has 1 heterocycles. The van der Waals surface area contributed by atoms with Crippen LogP contribution >= 0.6 is 11.3 Å². The first-order valence-corrected chi connectivity index (χ1v) is 10.3. The fourth-order valence-electron chi connectivity index (χ4n) is 4.38. The Morgan fingerprint density at radius 2 is 2.08 bits per heavy atom. The maximum Gasteiger partial charge on any atom is 0.317 e. The number of esters is 1. The molecule has 2 unspecified atom stereocenters. The number of carbonyl (C=O) groups excluding carboxylic acids is 1. The van der Waals surface area contributed by atoms with Crippen LogP contribution in [0, 0.1) is 11.3 Å². The van der Waals surface area contributed by atoms with Crippen LogP contribution in [-0.2, 0) is 4.79 Å². The Kier molecular flexibility index (Phi) is 6.88. The number of hydrogen-bond acceptors (Lipinski definition) is 4. The summed E-state index contributed by atoms with van der Waals surface area (Å²) < 4.78 is 5.72. The van der Waals surface area contributed by atoms with Gasteiger partial charge in [0.25, 0.3) is 0 Å². The van der Waals surface area contributed by atoms with Crippen LogP contribution in [0.3, 0.4) is 0 Å². The van der Waals surface area contributed by atoms with Crippen molar-refractivity contribution in [1.82, 2.24) is 4.90 Å². The SMILES string of the molecule is CCC1(C(=O)Oc2ccsc2)CCCC1CCN(C(C)C)C(C)C. The van der Waals surface area contributed by atoms with Crippen LogP contribution in [0.25, 0.3) is 0 Å². The lowest BCUT2D eigenvalue weighted by Crippen LogP contribution is -2.42. The average Bonchev–Trinajstić information content (AvgIpc) is 3.16. The van der Waals surface area contributed by atoms with Crippen molar-refractivity contribution < 1.29 is 9.53 Å². The van der Waals surface area contributed by atoms with Gasteiger partial charge in [0.2, 0.25) is 0 Å². The summed E-state index contributed by atoms with van der Waals surface area (Å²) in [5.74, 6) is 1.13. The van der Waals surface area contributed by atoms with Crippen molar-refractivity contribution in [3.05, 3.63) is 16.8 Å². The van der Waals surface area contributed by atoms with E-state index in [0.29, 0.717) is 23.8 Å². The van der Waals surface area contributed by atoms with Gasteiger partial charge in [-0.15, -0.1) is 11.3 Å². The Labute approximate surface area is 151 Å². The normalized spacial score (nSPS) is 24.2. The van der Waals surface area contributed by atoms with Gasteiger partial charge in [-0.25, -0.2) is 0 Å². The number of nitrogens with zero attached hydrogens (tertiary/aromatic N) is 1. The maximum absolute atomic E-state index is 13.0. The van der Waals surface area contributed by atoms with Crippen LogP contribution in [0.1, 0.15) is 66.7 Å². The highest BCUT2D eigenvalue weighted by Gasteiger charge is 2.48. The van der Waals surface area contributed by atoms with Crippen molar-refractivity contribution in [1.29, 1.82) is 0 Å². The molecule has 1 aromatic rings. The third-order valence-electron chi connectivity index (χ3n) is 5.76. The molecule has 1 aromatic heterocycles. The Balaban J connectivity index is 2.06. The molecule has 3 nitrogen and oxygen atoms in total. The number of thiophene rings is 1. The molecule has 1 saturated carbocycles. The van der Waals surface area contributed by atoms with Crippen LogP contribution in [0.15, 0.2) is 16.8 Å². The van der Waals surface area contributed by atoms with Crippen molar-refractivity contribution in [3.8, 4) is 5.75 Å². The maximum atomic E-state index is 13.0. The van der Waals surface area contributed by atoms with E-state index >= 15 is 0 Å². The standard InChI is InChI=1S/C20H33NO2S/c1-6-20(19(22)23-18-10-13-24-14-18)11-7-8-17(20)9-12-21(15(2)3)16(4)5/h10,13-17H,6-9,11-12H2,1-5H3. The predicted molar refractivity (Wildman–Crippen MR) is 102 cm³/mol. The molecule has 1 aliphatic carbocycles. The summed E-state index contributed by atoms with van der Waals surface area (Å²) in [5, 5.41) is 3.86. The highest BCUT2D eigenvalue weighted by molar-refractivity contribution is 7.08. The molecule has 1 fully saturated rings. The smallest absolute Gasteiger partial charge is 0.317 e. The Bertz CT molecular complexity index is 504. The summed E-state index contributed by atoms with van der Waals surface area (Å²) in [7, 11) is 0. The minimum absolute atomic E-state index is 0.00783. The Hall–Kier alpha value is -0.870. The van der Waals surface area contributed by atoms with Gasteiger partial charge in [-0.3, -0.25) is 9.69 Å². The Morgan fingerprint density at radius 1 is 1.38 bits per heavy atom. The number of rotatable bonds is 8. The van der Waals surface area contributed by atoms with E-state index in [1.807, 2.05) is 16.8 Å². The summed E-state index contributed by atoms with van der Waals surface area (Å²) >= 11 is 1.57. The number of hydrogen-bond donors (Lipinski definition) is 0. The summed E-state index contributed by atoms with van der Waals surface area (Å²) in [6, 6.07) is 2.97. The lowest BCUT2D eigenvalue weighted by molar-refractivity contribution is -0.148. The van der Waals surface area contributed by atoms with Crippen molar-refractivity contribution in [2.45, 2.75) is 78.8 Å². The second kappa shape index (κ2) is 8.48. The van der Waals surface area contributed by atoms with E-state index < -0.39 is 0 Å². The zero-order valence-electron chi connectivity index (χ0n) is 15.9. The molecule has 1 aliphatic rings. The quantitative estimate of drug-likeness (QED) is 0.591. The Morgan fingerprint density at radius 3 is 2.62 bits per heavy atom. The molecule has 2 atom stereocenters. The van der Waals surface area contributed by atoms with Crippen molar-refractivity contribution in [2.24, 2.45) is 11.3 Å². The molecule has 136 valence electrons. The van der Waals surface area contributed by atoms with Gasteiger partial charge in [0.1, 0.15) is 5.75 Å². The first-order chi connectivity index (χ1) is 11.4. The summed E-state index contributed by atoms with van der Waals surface area (Å²) in [6.45, 7) is 12.2. The van der Waals surface area contributed by atoms with Crippen molar-refractivity contribution >= 4 is 17.3 Å². The zero-order valence-corrected chi connectivity index (χ0v) is 16.7. The highest BCUT2D eigenvalue weighted by Crippen LogP contribution is 2.48. The fourth-order valence-corrected chi connectivity index (χ4v) is 4.93. The number of carbonyl (C=O) groups is 1. The predicted octanol–water partition coefficient (Wildman–Crippen LogP) is 5.36. The van der Waals surface area contributed by atoms with Gasteiger partial charge in [0.05, 0.1) is 5.41 Å². The van der Waals surface area contributed by atoms with Gasteiger partial charge in [0.15, 0.2) is 0 Å². The monoisotopic (exact) mass is 351 g/mol. The first kappa shape index (κ1) is 19.5. The van der Waals surface area contributed by atoms with Crippen LogP contribution in [0.5, 0.6) is 5.75 Å². The molecule has 0 amide bonds. The molecule has 0 aromatic carbocycles. The molecule has 0 saturated heterocycles. The minimum atomic E-state index is -0.290. The second-order valence-electron chi connectivity index (χ2n) is 7.66. The van der Waals surface area contributed by atoms with Gasteiger partial charge in [-0.05, 0) is 77.3 Å². The second-order valence-corrected chi connectivity index (χ2v) is 8.44. The van der Waals surface area contributed by atoms with Crippen LogP contribution < -0.4 is 4.74 Å². The van der Waals surface area contributed by atoms with Crippen molar-refractivity contribution in [3.63, 3.8) is 0 Å². The van der Waals surface area contributed by atoms with E-state index in [0.717, 1.165) is 38.6 Å². The van der Waals surface area contributed by atoms with Crippen LogP contribution in [-0.4, -0.2) is 29.5 Å². The molecule has 0 spiro atoms. The topological polar surface area (TPSA) is 29.5 Å². The van der Waals surface area contributed by atoms with E-state index in [4.69, 9.17) is 4.74 Å². The summed E-state index contributed by atoms with van der Waals surface area (Å²) in [4.78, 5) is 15.5. The van der Waals surface area contributed by atoms with Gasteiger partial charge in [0, 0.05) is 17.5 Å². The zero-order chi connectivity index (χ0) is 17.7. The molecule has 4 heteroatoms. The third-order valence-corrected chi connectivity index (χ3v) is 6.42. The molecule has 24 heavy (non-hydrogen) atoms. The first-order valence-electron chi connectivity index (χ1n) is 9.41. The van der Waals surface area contributed by atoms with E-state index in [-0.39, 0.29) is 11.4 Å². The molecule has 2 rings (SSSR count). The fraction of sp³-hybridized carbons (Fsp3) is 0.750. The average molecular weight is 352 g/mol. The molecule has 0 aliphatic heterocycles. The lowest BCUT2D eigenvalue weighted by Gasteiger charge is -2.36. The van der Waals surface area contributed by atoms with Gasteiger partial charge < -0.3 is 4.74 Å². The van der Waals surface area contributed by atoms with E-state index in [1.165, 1.54) is 0 Å². The summed E-state index contributed by atoms with van der Waals surface area (Å²) in [6.07, 6.45) is 5.23. The van der Waals surface area contributed by atoms with Crippen LogP contribution in [0.2, 0.25) is 0 Å². The van der Waals surface area contributed by atoms with E-state index in [2.05, 4.69) is 39.5 Å². The van der Waals surface area contributed by atoms with Gasteiger partial charge in [-0.2, -0.15) is 0 Å². The molecule has 0 radical (unpaired) electrons. The van der Waals surface area contributed by atoms with Gasteiger partial charge >= 0.3 is 5.97 Å². The third kappa shape index (κ3) is 4.20.